The van der Waals surface area contributed by atoms with Gasteiger partial charge in [-0.15, -0.1) is 0 Å². The van der Waals surface area contributed by atoms with Crippen molar-refractivity contribution in [1.29, 1.82) is 0 Å². The molecule has 4 nitrogen and oxygen atoms in total. The zero-order valence-electron chi connectivity index (χ0n) is 15.1. The highest BCUT2D eigenvalue weighted by Gasteiger charge is 2.28. The molecule has 3 rings (SSSR count). The zero-order chi connectivity index (χ0) is 18.6. The number of hydrogen-bond acceptors (Lipinski definition) is 4. The average molecular weight is 372 g/mol. The lowest BCUT2D eigenvalue weighted by Crippen LogP contribution is -2.13. The Labute approximate surface area is 158 Å². The van der Waals surface area contributed by atoms with E-state index in [2.05, 4.69) is 38.1 Å². The van der Waals surface area contributed by atoms with Crippen LogP contribution in [0.2, 0.25) is 0 Å². The van der Waals surface area contributed by atoms with Gasteiger partial charge in [-0.3, -0.25) is 0 Å². The van der Waals surface area contributed by atoms with E-state index in [-0.39, 0.29) is 11.4 Å². The number of thioether (sulfide) groups is 1. The maximum absolute atomic E-state index is 10.7. The van der Waals surface area contributed by atoms with E-state index >= 15 is 0 Å². The molecule has 0 saturated carbocycles. The molecule has 0 bridgehead atoms. The molecule has 1 N–H and O–H groups in total. The first-order valence-electron chi connectivity index (χ1n) is 8.77. The number of hydrogen-bond donors (Lipinski definition) is 1. The van der Waals surface area contributed by atoms with Crippen molar-refractivity contribution in [3.05, 3.63) is 59.7 Å². The third-order valence-electron chi connectivity index (χ3n) is 4.63. The quantitative estimate of drug-likeness (QED) is 0.729. The highest BCUT2D eigenvalue weighted by atomic mass is 32.2. The summed E-state index contributed by atoms with van der Waals surface area (Å²) < 4.78 is 11.2. The Kier molecular flexibility index (Phi) is 5.77. The van der Waals surface area contributed by atoms with Crippen LogP contribution in [0, 0.1) is 0 Å². The van der Waals surface area contributed by atoms with E-state index < -0.39 is 5.97 Å². The van der Waals surface area contributed by atoms with E-state index in [1.807, 2.05) is 30.0 Å². The highest BCUT2D eigenvalue weighted by molar-refractivity contribution is 8.00. The van der Waals surface area contributed by atoms with Crippen molar-refractivity contribution in [2.75, 3.05) is 19.0 Å². The topological polar surface area (TPSA) is 55.8 Å². The number of para-hydroxylation sites is 1. The molecule has 2 aromatic carbocycles. The SMILES string of the molecule is CC(C)(SCCC1COc2c(OCC(=O)O)cccc21)c1ccccc1. The fourth-order valence-corrected chi connectivity index (χ4v) is 4.37. The van der Waals surface area contributed by atoms with E-state index in [4.69, 9.17) is 14.6 Å². The molecule has 0 aromatic heterocycles. The molecule has 0 radical (unpaired) electrons. The molecule has 0 saturated heterocycles. The van der Waals surface area contributed by atoms with Crippen molar-refractivity contribution in [3.8, 4) is 11.5 Å². The van der Waals surface area contributed by atoms with Gasteiger partial charge >= 0.3 is 5.97 Å². The molecule has 138 valence electrons. The van der Waals surface area contributed by atoms with Crippen LogP contribution >= 0.6 is 11.8 Å². The molecular formula is C21H24O4S. The van der Waals surface area contributed by atoms with Crippen molar-refractivity contribution in [2.24, 2.45) is 0 Å². The lowest BCUT2D eigenvalue weighted by atomic mass is 9.98. The van der Waals surface area contributed by atoms with Gasteiger partial charge in [-0.05, 0) is 37.7 Å². The Morgan fingerprint density at radius 1 is 1.23 bits per heavy atom. The second-order valence-electron chi connectivity index (χ2n) is 6.88. The van der Waals surface area contributed by atoms with Gasteiger partial charge in [0.2, 0.25) is 0 Å². The van der Waals surface area contributed by atoms with Crippen LogP contribution < -0.4 is 9.47 Å². The van der Waals surface area contributed by atoms with Gasteiger partial charge in [-0.25, -0.2) is 4.79 Å². The molecule has 26 heavy (non-hydrogen) atoms. The summed E-state index contributed by atoms with van der Waals surface area (Å²) in [6.45, 7) is 4.77. The fourth-order valence-electron chi connectivity index (χ4n) is 3.15. The van der Waals surface area contributed by atoms with Gasteiger partial charge in [0.15, 0.2) is 18.1 Å². The molecule has 5 heteroatoms. The minimum absolute atomic E-state index is 0.0655. The second-order valence-corrected chi connectivity index (χ2v) is 8.60. The fraction of sp³-hybridized carbons (Fsp3) is 0.381. The van der Waals surface area contributed by atoms with Gasteiger partial charge in [0, 0.05) is 16.2 Å². The molecule has 1 aliphatic rings. The Morgan fingerprint density at radius 2 is 2.00 bits per heavy atom. The summed E-state index contributed by atoms with van der Waals surface area (Å²) in [5.41, 5.74) is 2.45. The van der Waals surface area contributed by atoms with E-state index in [9.17, 15) is 4.79 Å². The third-order valence-corrected chi connectivity index (χ3v) is 6.02. The Bertz CT molecular complexity index is 758. The molecule has 0 fully saturated rings. The normalized spacial score (nSPS) is 16.0. The van der Waals surface area contributed by atoms with Gasteiger partial charge in [0.05, 0.1) is 6.61 Å². The van der Waals surface area contributed by atoms with Gasteiger partial charge in [0.1, 0.15) is 0 Å². The van der Waals surface area contributed by atoms with Gasteiger partial charge in [-0.2, -0.15) is 11.8 Å². The Balaban J connectivity index is 1.60. The van der Waals surface area contributed by atoms with Crippen molar-refractivity contribution in [3.63, 3.8) is 0 Å². The molecule has 2 aromatic rings. The summed E-state index contributed by atoms with van der Waals surface area (Å²) in [7, 11) is 0. The standard InChI is InChI=1S/C21H24O4S/c1-21(2,16-7-4-3-5-8-16)26-12-11-15-13-25-20-17(15)9-6-10-18(20)24-14-19(22)23/h3-10,15H,11-14H2,1-2H3,(H,22,23). The highest BCUT2D eigenvalue weighted by Crippen LogP contribution is 2.44. The number of fused-ring (bicyclic) bond motifs is 1. The second kappa shape index (κ2) is 8.04. The molecule has 1 heterocycles. The summed E-state index contributed by atoms with van der Waals surface area (Å²) in [5.74, 6) is 1.57. The lowest BCUT2D eigenvalue weighted by molar-refractivity contribution is -0.139. The van der Waals surface area contributed by atoms with Crippen LogP contribution in [0.15, 0.2) is 48.5 Å². The summed E-state index contributed by atoms with van der Waals surface area (Å²) in [4.78, 5) is 10.7. The zero-order valence-corrected chi connectivity index (χ0v) is 15.9. The maximum Gasteiger partial charge on any atom is 0.341 e. The van der Waals surface area contributed by atoms with Crippen LogP contribution in [-0.4, -0.2) is 30.0 Å². The third kappa shape index (κ3) is 4.33. The van der Waals surface area contributed by atoms with E-state index in [1.165, 1.54) is 5.56 Å². The van der Waals surface area contributed by atoms with Crippen molar-refractivity contribution in [1.82, 2.24) is 0 Å². The maximum atomic E-state index is 10.7. The van der Waals surface area contributed by atoms with Gasteiger partial charge in [-0.1, -0.05) is 42.5 Å². The van der Waals surface area contributed by atoms with Crippen LogP contribution in [0.25, 0.3) is 0 Å². The number of carbonyl (C=O) groups is 1. The van der Waals surface area contributed by atoms with Crippen LogP contribution in [0.1, 0.15) is 37.3 Å². The molecule has 1 unspecified atom stereocenters. The van der Waals surface area contributed by atoms with Gasteiger partial charge < -0.3 is 14.6 Å². The Hall–Kier alpha value is -2.14. The first-order valence-corrected chi connectivity index (χ1v) is 9.76. The Morgan fingerprint density at radius 3 is 2.73 bits per heavy atom. The monoisotopic (exact) mass is 372 g/mol. The van der Waals surface area contributed by atoms with E-state index in [0.29, 0.717) is 24.0 Å². The molecule has 0 amide bonds. The summed E-state index contributed by atoms with van der Waals surface area (Å²) in [6, 6.07) is 16.3. The van der Waals surface area contributed by atoms with Crippen LogP contribution in [0.5, 0.6) is 11.5 Å². The predicted octanol–water partition coefficient (Wildman–Crippen LogP) is 4.68. The van der Waals surface area contributed by atoms with Gasteiger partial charge in [0.25, 0.3) is 0 Å². The number of rotatable bonds is 8. The summed E-state index contributed by atoms with van der Waals surface area (Å²) in [5, 5.41) is 8.79. The van der Waals surface area contributed by atoms with Crippen LogP contribution in [0.3, 0.4) is 0 Å². The number of carboxylic acid groups (broad SMARTS) is 1. The van der Waals surface area contributed by atoms with Crippen LogP contribution in [0.4, 0.5) is 0 Å². The summed E-state index contributed by atoms with van der Waals surface area (Å²) in [6.07, 6.45) is 1.01. The smallest absolute Gasteiger partial charge is 0.341 e. The lowest BCUT2D eigenvalue weighted by Gasteiger charge is -2.25. The molecule has 1 aliphatic heterocycles. The first-order chi connectivity index (χ1) is 12.5. The summed E-state index contributed by atoms with van der Waals surface area (Å²) >= 11 is 1.95. The minimum atomic E-state index is -0.989. The molecule has 0 spiro atoms. The van der Waals surface area contributed by atoms with E-state index in [0.717, 1.165) is 17.7 Å². The number of aliphatic carboxylic acids is 1. The molecule has 0 aliphatic carbocycles. The van der Waals surface area contributed by atoms with Crippen molar-refractivity contribution >= 4 is 17.7 Å². The average Bonchev–Trinajstić information content (AvgIpc) is 3.04. The predicted molar refractivity (Wildman–Crippen MR) is 104 cm³/mol. The number of carboxylic acids is 1. The minimum Gasteiger partial charge on any atom is -0.489 e. The number of ether oxygens (including phenoxy) is 2. The molecular weight excluding hydrogens is 348 g/mol. The van der Waals surface area contributed by atoms with Crippen molar-refractivity contribution in [2.45, 2.75) is 30.9 Å². The van der Waals surface area contributed by atoms with E-state index in [1.54, 1.807) is 6.07 Å². The van der Waals surface area contributed by atoms with Crippen LogP contribution in [-0.2, 0) is 9.54 Å². The first kappa shape index (κ1) is 18.6. The molecule has 1 atom stereocenters. The van der Waals surface area contributed by atoms with Crippen molar-refractivity contribution < 1.29 is 19.4 Å². The number of benzene rings is 2. The largest absolute Gasteiger partial charge is 0.489 e.